The first-order chi connectivity index (χ1) is 16.1. The number of esters is 1. The average molecular weight is 455 g/mol. The minimum absolute atomic E-state index is 0.171. The van der Waals surface area contributed by atoms with Crippen molar-refractivity contribution in [3.05, 3.63) is 115 Å². The summed E-state index contributed by atoms with van der Waals surface area (Å²) in [5.41, 5.74) is 2.60. The minimum atomic E-state index is -0.587. The topological polar surface area (TPSA) is 60.7 Å². The molecule has 6 heteroatoms. The van der Waals surface area contributed by atoms with Crippen molar-refractivity contribution in [3.63, 3.8) is 0 Å². The van der Waals surface area contributed by atoms with Gasteiger partial charge in [-0.3, -0.25) is 9.36 Å². The highest BCUT2D eigenvalue weighted by Gasteiger charge is 2.33. The molecule has 0 fully saturated rings. The van der Waals surface area contributed by atoms with E-state index in [0.29, 0.717) is 20.6 Å². The minimum Gasteiger partial charge on any atom is -0.463 e. The highest BCUT2D eigenvalue weighted by Crippen LogP contribution is 2.30. The Balaban J connectivity index is 1.75. The lowest BCUT2D eigenvalue weighted by Crippen LogP contribution is -2.39. The molecule has 0 aliphatic carbocycles. The van der Waals surface area contributed by atoms with E-state index >= 15 is 0 Å². The zero-order valence-corrected chi connectivity index (χ0v) is 19.1. The molecule has 5 nitrogen and oxygen atoms in total. The van der Waals surface area contributed by atoms with Crippen LogP contribution in [0.25, 0.3) is 16.8 Å². The molecular weight excluding hydrogens is 432 g/mol. The monoisotopic (exact) mass is 454 g/mol. The van der Waals surface area contributed by atoms with Crippen LogP contribution in [0.4, 0.5) is 0 Å². The molecule has 1 aliphatic rings. The molecule has 1 aromatic heterocycles. The van der Waals surface area contributed by atoms with Crippen molar-refractivity contribution >= 4 is 34.2 Å². The largest absolute Gasteiger partial charge is 0.463 e. The number of allylic oxidation sites excluding steroid dienone is 1. The van der Waals surface area contributed by atoms with Gasteiger partial charge in [-0.2, -0.15) is 0 Å². The summed E-state index contributed by atoms with van der Waals surface area (Å²) >= 11 is 1.34. The smallest absolute Gasteiger partial charge is 0.338 e. The molecule has 0 saturated heterocycles. The van der Waals surface area contributed by atoms with Crippen LogP contribution in [0.15, 0.2) is 93.9 Å². The summed E-state index contributed by atoms with van der Waals surface area (Å²) in [6.45, 7) is 3.82. The quantitative estimate of drug-likeness (QED) is 0.439. The first-order valence-electron chi connectivity index (χ1n) is 10.8. The Morgan fingerprint density at radius 1 is 1.06 bits per heavy atom. The van der Waals surface area contributed by atoms with Crippen LogP contribution < -0.4 is 14.9 Å². The van der Waals surface area contributed by atoms with Gasteiger partial charge in [0.15, 0.2) is 4.80 Å². The predicted octanol–water partition coefficient (Wildman–Crippen LogP) is 3.95. The van der Waals surface area contributed by atoms with E-state index in [1.54, 1.807) is 18.4 Å². The maximum absolute atomic E-state index is 13.7. The fourth-order valence-corrected chi connectivity index (χ4v) is 5.30. The van der Waals surface area contributed by atoms with Crippen LogP contribution in [-0.2, 0) is 9.53 Å². The number of carbonyl (C=O) groups excluding carboxylic acids is 1. The summed E-state index contributed by atoms with van der Waals surface area (Å²) in [4.78, 5) is 31.8. The van der Waals surface area contributed by atoms with Crippen LogP contribution in [0.1, 0.15) is 31.0 Å². The van der Waals surface area contributed by atoms with Crippen LogP contribution in [0, 0.1) is 0 Å². The van der Waals surface area contributed by atoms with Gasteiger partial charge in [0.25, 0.3) is 5.56 Å². The molecule has 33 heavy (non-hydrogen) atoms. The van der Waals surface area contributed by atoms with Gasteiger partial charge in [0.1, 0.15) is 0 Å². The molecule has 4 aromatic rings. The SMILES string of the molecule is CCOC(=O)C1=C(C)N=c2s/c(=C/c3cccc4ccccc34)c(=O)n2[C@@H]1c1ccccc1. The third-order valence-electron chi connectivity index (χ3n) is 5.74. The zero-order chi connectivity index (χ0) is 22.9. The molecule has 0 saturated carbocycles. The Morgan fingerprint density at radius 2 is 1.79 bits per heavy atom. The van der Waals surface area contributed by atoms with E-state index in [0.717, 1.165) is 21.9 Å². The van der Waals surface area contributed by atoms with E-state index in [4.69, 9.17) is 4.74 Å². The molecule has 0 unspecified atom stereocenters. The molecule has 3 aromatic carbocycles. The lowest BCUT2D eigenvalue weighted by Gasteiger charge is -2.24. The van der Waals surface area contributed by atoms with Crippen LogP contribution >= 0.6 is 11.3 Å². The lowest BCUT2D eigenvalue weighted by molar-refractivity contribution is -0.139. The molecule has 0 bridgehead atoms. The number of fused-ring (bicyclic) bond motifs is 2. The molecule has 0 spiro atoms. The number of rotatable bonds is 4. The molecule has 164 valence electrons. The van der Waals surface area contributed by atoms with Crippen LogP contribution in [-0.4, -0.2) is 17.1 Å². The van der Waals surface area contributed by atoms with Gasteiger partial charge in [-0.1, -0.05) is 84.1 Å². The van der Waals surface area contributed by atoms with Gasteiger partial charge >= 0.3 is 5.97 Å². The van der Waals surface area contributed by atoms with E-state index in [-0.39, 0.29) is 12.2 Å². The molecule has 0 amide bonds. The van der Waals surface area contributed by atoms with E-state index in [9.17, 15) is 9.59 Å². The number of thiazole rings is 1. The fraction of sp³-hybridized carbons (Fsp3) is 0.148. The van der Waals surface area contributed by atoms with Gasteiger partial charge in [0, 0.05) is 0 Å². The third kappa shape index (κ3) is 3.72. The number of hydrogen-bond acceptors (Lipinski definition) is 5. The second-order valence-corrected chi connectivity index (χ2v) is 8.79. The Morgan fingerprint density at radius 3 is 2.58 bits per heavy atom. The lowest BCUT2D eigenvalue weighted by atomic mass is 9.96. The Bertz CT molecular complexity index is 1570. The van der Waals surface area contributed by atoms with Crippen molar-refractivity contribution < 1.29 is 9.53 Å². The molecular formula is C27H22N2O3S. The van der Waals surface area contributed by atoms with E-state index in [1.165, 1.54) is 11.3 Å². The highest BCUT2D eigenvalue weighted by molar-refractivity contribution is 7.07. The van der Waals surface area contributed by atoms with Crippen molar-refractivity contribution in [1.29, 1.82) is 0 Å². The van der Waals surface area contributed by atoms with Crippen molar-refractivity contribution in [2.24, 2.45) is 4.99 Å². The summed E-state index contributed by atoms with van der Waals surface area (Å²) < 4.78 is 7.53. The van der Waals surface area contributed by atoms with E-state index in [2.05, 4.69) is 17.1 Å². The molecule has 5 rings (SSSR count). The fourth-order valence-electron chi connectivity index (χ4n) is 4.26. The summed E-state index contributed by atoms with van der Waals surface area (Å²) in [5.74, 6) is -0.448. The van der Waals surface area contributed by atoms with Gasteiger partial charge in [-0.25, -0.2) is 9.79 Å². The van der Waals surface area contributed by atoms with E-state index in [1.807, 2.05) is 66.7 Å². The molecule has 1 aliphatic heterocycles. The molecule has 0 radical (unpaired) electrons. The van der Waals surface area contributed by atoms with Crippen molar-refractivity contribution in [3.8, 4) is 0 Å². The number of nitrogens with zero attached hydrogens (tertiary/aromatic N) is 2. The first-order valence-corrected chi connectivity index (χ1v) is 11.6. The number of carbonyl (C=O) groups is 1. The van der Waals surface area contributed by atoms with E-state index < -0.39 is 12.0 Å². The maximum atomic E-state index is 13.7. The van der Waals surface area contributed by atoms with Crippen molar-refractivity contribution in [1.82, 2.24) is 4.57 Å². The normalized spacial score (nSPS) is 15.9. The van der Waals surface area contributed by atoms with Gasteiger partial charge in [0.05, 0.1) is 28.5 Å². The second kappa shape index (κ2) is 8.64. The summed E-state index contributed by atoms with van der Waals surface area (Å²) in [6.07, 6.45) is 1.91. The number of aromatic nitrogens is 1. The van der Waals surface area contributed by atoms with Crippen molar-refractivity contribution in [2.45, 2.75) is 19.9 Å². The first kappa shape index (κ1) is 21.1. The second-order valence-electron chi connectivity index (χ2n) is 7.78. The van der Waals surface area contributed by atoms with Gasteiger partial charge in [-0.05, 0) is 41.8 Å². The van der Waals surface area contributed by atoms with Crippen molar-refractivity contribution in [2.75, 3.05) is 6.61 Å². The summed E-state index contributed by atoms with van der Waals surface area (Å²) in [7, 11) is 0. The summed E-state index contributed by atoms with van der Waals surface area (Å²) in [6, 6.07) is 23.1. The summed E-state index contributed by atoms with van der Waals surface area (Å²) in [5, 5.41) is 2.19. The predicted molar refractivity (Wildman–Crippen MR) is 131 cm³/mol. The van der Waals surface area contributed by atoms with Crippen LogP contribution in [0.2, 0.25) is 0 Å². The van der Waals surface area contributed by atoms with Gasteiger partial charge < -0.3 is 4.74 Å². The number of benzene rings is 3. The third-order valence-corrected chi connectivity index (χ3v) is 6.73. The Kier molecular flexibility index (Phi) is 5.52. The highest BCUT2D eigenvalue weighted by atomic mass is 32.1. The Hall–Kier alpha value is -3.77. The van der Waals surface area contributed by atoms with Crippen LogP contribution in [0.5, 0.6) is 0 Å². The standard InChI is InChI=1S/C27H22N2O3S/c1-3-32-26(31)23-17(2)28-27-29(24(23)19-11-5-4-6-12-19)25(30)22(33-27)16-20-14-9-13-18-10-7-8-15-21(18)20/h4-16,24H,3H2,1-2H3/b22-16+/t24-/m1/s1. The number of hydrogen-bond donors (Lipinski definition) is 0. The van der Waals surface area contributed by atoms with Crippen LogP contribution in [0.3, 0.4) is 0 Å². The zero-order valence-electron chi connectivity index (χ0n) is 18.3. The van der Waals surface area contributed by atoms with Gasteiger partial charge in [0.2, 0.25) is 0 Å². The van der Waals surface area contributed by atoms with Gasteiger partial charge in [-0.15, -0.1) is 0 Å². The molecule has 2 heterocycles. The average Bonchev–Trinajstić information content (AvgIpc) is 3.13. The Labute approximate surface area is 194 Å². The molecule has 1 atom stereocenters. The molecule has 0 N–H and O–H groups in total. The maximum Gasteiger partial charge on any atom is 0.338 e. The number of ether oxygens (including phenoxy) is 1.